The normalized spacial score (nSPS) is 9.71. The zero-order chi connectivity index (χ0) is 10.7. The lowest BCUT2D eigenvalue weighted by Crippen LogP contribution is -2.35. The van der Waals surface area contributed by atoms with E-state index in [0.717, 1.165) is 16.8 Å². The fourth-order valence-corrected chi connectivity index (χ4v) is 1.36. The number of benzene rings is 1. The summed E-state index contributed by atoms with van der Waals surface area (Å²) < 4.78 is 0. The zero-order valence-corrected chi connectivity index (χ0v) is 9.09. The first-order valence-corrected chi connectivity index (χ1v) is 4.59. The van der Waals surface area contributed by atoms with Crippen LogP contribution in [-0.4, -0.2) is 20.1 Å². The van der Waals surface area contributed by atoms with Gasteiger partial charge >= 0.3 is 6.03 Å². The number of anilines is 1. The molecule has 0 aromatic heterocycles. The lowest BCUT2D eigenvalue weighted by atomic mass is 10.1. The number of amides is 2. The molecule has 0 saturated carbocycles. The predicted molar refractivity (Wildman–Crippen MR) is 58.8 cm³/mol. The van der Waals surface area contributed by atoms with Crippen LogP contribution in [0, 0.1) is 13.8 Å². The molecule has 1 N–H and O–H groups in total. The average Bonchev–Trinajstić information content (AvgIpc) is 2.19. The van der Waals surface area contributed by atoms with E-state index in [0.29, 0.717) is 0 Å². The highest BCUT2D eigenvalue weighted by molar-refractivity contribution is 5.92. The minimum absolute atomic E-state index is 0.0984. The van der Waals surface area contributed by atoms with Crippen LogP contribution in [0.15, 0.2) is 18.2 Å². The van der Waals surface area contributed by atoms with Crippen LogP contribution in [0.1, 0.15) is 11.1 Å². The number of carbonyl (C=O) groups is 1. The zero-order valence-electron chi connectivity index (χ0n) is 9.09. The molecule has 0 fully saturated rings. The monoisotopic (exact) mass is 192 g/mol. The molecule has 0 heterocycles. The molecule has 2 amide bonds. The molecule has 0 aliphatic heterocycles. The lowest BCUT2D eigenvalue weighted by molar-refractivity contribution is 0.249. The summed E-state index contributed by atoms with van der Waals surface area (Å²) in [5, 5.41) is 2.60. The van der Waals surface area contributed by atoms with Gasteiger partial charge in [-0.3, -0.25) is 4.90 Å². The van der Waals surface area contributed by atoms with Crippen LogP contribution in [0.4, 0.5) is 10.5 Å². The molecule has 0 saturated heterocycles. The second-order valence-electron chi connectivity index (χ2n) is 3.40. The SMILES string of the molecule is CNC(=O)N(C)c1cc(C)ccc1C. The van der Waals surface area contributed by atoms with Gasteiger partial charge in [0.15, 0.2) is 0 Å². The van der Waals surface area contributed by atoms with Gasteiger partial charge in [0.2, 0.25) is 0 Å². The van der Waals surface area contributed by atoms with Gasteiger partial charge in [-0.25, -0.2) is 4.79 Å². The topological polar surface area (TPSA) is 32.3 Å². The van der Waals surface area contributed by atoms with E-state index in [1.54, 1.807) is 19.0 Å². The van der Waals surface area contributed by atoms with Crippen LogP contribution < -0.4 is 10.2 Å². The molecular formula is C11H16N2O. The first-order valence-electron chi connectivity index (χ1n) is 4.59. The smallest absolute Gasteiger partial charge is 0.321 e. The van der Waals surface area contributed by atoms with E-state index < -0.39 is 0 Å². The van der Waals surface area contributed by atoms with Gasteiger partial charge in [-0.2, -0.15) is 0 Å². The second kappa shape index (κ2) is 4.13. The molecule has 0 radical (unpaired) electrons. The molecule has 3 nitrogen and oxygen atoms in total. The van der Waals surface area contributed by atoms with Crippen molar-refractivity contribution in [1.29, 1.82) is 0 Å². The largest absolute Gasteiger partial charge is 0.341 e. The van der Waals surface area contributed by atoms with Gasteiger partial charge in [0, 0.05) is 19.8 Å². The Morgan fingerprint density at radius 1 is 1.36 bits per heavy atom. The van der Waals surface area contributed by atoms with Crippen molar-refractivity contribution in [1.82, 2.24) is 5.32 Å². The summed E-state index contributed by atoms with van der Waals surface area (Å²) >= 11 is 0. The van der Waals surface area contributed by atoms with Crippen LogP contribution >= 0.6 is 0 Å². The van der Waals surface area contributed by atoms with E-state index in [4.69, 9.17) is 0 Å². The minimum atomic E-state index is -0.0984. The van der Waals surface area contributed by atoms with E-state index in [1.807, 2.05) is 32.0 Å². The Hall–Kier alpha value is -1.51. The van der Waals surface area contributed by atoms with Gasteiger partial charge in [0.05, 0.1) is 0 Å². The van der Waals surface area contributed by atoms with Crippen molar-refractivity contribution in [2.75, 3.05) is 19.0 Å². The number of nitrogens with zero attached hydrogens (tertiary/aromatic N) is 1. The maximum Gasteiger partial charge on any atom is 0.321 e. The van der Waals surface area contributed by atoms with Crippen LogP contribution in [0.2, 0.25) is 0 Å². The third-order valence-electron chi connectivity index (χ3n) is 2.24. The predicted octanol–water partition coefficient (Wildman–Crippen LogP) is 2.08. The molecule has 76 valence electrons. The van der Waals surface area contributed by atoms with Crippen molar-refractivity contribution < 1.29 is 4.79 Å². The fraction of sp³-hybridized carbons (Fsp3) is 0.364. The Morgan fingerprint density at radius 3 is 2.57 bits per heavy atom. The first-order chi connectivity index (χ1) is 6.56. The Morgan fingerprint density at radius 2 is 2.00 bits per heavy atom. The van der Waals surface area contributed by atoms with Crippen molar-refractivity contribution in [3.05, 3.63) is 29.3 Å². The van der Waals surface area contributed by atoms with Crippen molar-refractivity contribution in [2.45, 2.75) is 13.8 Å². The molecule has 1 aromatic rings. The number of urea groups is 1. The number of nitrogens with one attached hydrogen (secondary N) is 1. The average molecular weight is 192 g/mol. The quantitative estimate of drug-likeness (QED) is 0.726. The third kappa shape index (κ3) is 2.05. The van der Waals surface area contributed by atoms with Gasteiger partial charge in [-0.05, 0) is 31.0 Å². The molecule has 3 heteroatoms. The summed E-state index contributed by atoms with van der Waals surface area (Å²) in [5.41, 5.74) is 3.20. The van der Waals surface area contributed by atoms with Crippen molar-refractivity contribution in [2.24, 2.45) is 0 Å². The number of aryl methyl sites for hydroxylation is 2. The Bertz CT molecular complexity index is 347. The first kappa shape index (κ1) is 10.6. The van der Waals surface area contributed by atoms with Gasteiger partial charge in [-0.1, -0.05) is 12.1 Å². The Kier molecular flexibility index (Phi) is 3.12. The second-order valence-corrected chi connectivity index (χ2v) is 3.40. The molecule has 0 bridgehead atoms. The number of carbonyl (C=O) groups excluding carboxylic acids is 1. The molecular weight excluding hydrogens is 176 g/mol. The number of rotatable bonds is 1. The van der Waals surface area contributed by atoms with Gasteiger partial charge in [-0.15, -0.1) is 0 Å². The summed E-state index contributed by atoms with van der Waals surface area (Å²) in [6.45, 7) is 4.01. The highest BCUT2D eigenvalue weighted by Crippen LogP contribution is 2.19. The van der Waals surface area contributed by atoms with E-state index in [9.17, 15) is 4.79 Å². The molecule has 0 aliphatic rings. The maximum absolute atomic E-state index is 11.4. The van der Waals surface area contributed by atoms with E-state index in [2.05, 4.69) is 5.32 Å². The molecule has 1 aromatic carbocycles. The maximum atomic E-state index is 11.4. The van der Waals surface area contributed by atoms with Gasteiger partial charge in [0.25, 0.3) is 0 Å². The highest BCUT2D eigenvalue weighted by atomic mass is 16.2. The van der Waals surface area contributed by atoms with E-state index >= 15 is 0 Å². The lowest BCUT2D eigenvalue weighted by Gasteiger charge is -2.19. The number of hydrogen-bond donors (Lipinski definition) is 1. The summed E-state index contributed by atoms with van der Waals surface area (Å²) in [7, 11) is 3.39. The van der Waals surface area contributed by atoms with Gasteiger partial charge in [0.1, 0.15) is 0 Å². The number of hydrogen-bond acceptors (Lipinski definition) is 1. The van der Waals surface area contributed by atoms with E-state index in [-0.39, 0.29) is 6.03 Å². The summed E-state index contributed by atoms with van der Waals surface area (Å²) in [6.07, 6.45) is 0. The summed E-state index contributed by atoms with van der Waals surface area (Å²) in [4.78, 5) is 13.0. The van der Waals surface area contributed by atoms with Crippen molar-refractivity contribution in [3.63, 3.8) is 0 Å². The Balaban J connectivity index is 3.05. The standard InChI is InChI=1S/C11H16N2O/c1-8-5-6-9(2)10(7-8)13(4)11(14)12-3/h5-7H,1-4H3,(H,12,14). The van der Waals surface area contributed by atoms with Crippen molar-refractivity contribution in [3.8, 4) is 0 Å². The Labute approximate surface area is 84.7 Å². The van der Waals surface area contributed by atoms with Crippen molar-refractivity contribution >= 4 is 11.7 Å². The third-order valence-corrected chi connectivity index (χ3v) is 2.24. The summed E-state index contributed by atoms with van der Waals surface area (Å²) in [5.74, 6) is 0. The molecule has 0 spiro atoms. The molecule has 0 atom stereocenters. The van der Waals surface area contributed by atoms with Crippen LogP contribution in [0.5, 0.6) is 0 Å². The molecule has 0 unspecified atom stereocenters. The highest BCUT2D eigenvalue weighted by Gasteiger charge is 2.10. The van der Waals surface area contributed by atoms with Gasteiger partial charge < -0.3 is 5.32 Å². The molecule has 0 aliphatic carbocycles. The molecule has 1 rings (SSSR count). The fourth-order valence-electron chi connectivity index (χ4n) is 1.36. The van der Waals surface area contributed by atoms with Crippen LogP contribution in [0.3, 0.4) is 0 Å². The minimum Gasteiger partial charge on any atom is -0.341 e. The summed E-state index contributed by atoms with van der Waals surface area (Å²) in [6, 6.07) is 5.96. The van der Waals surface area contributed by atoms with E-state index in [1.165, 1.54) is 0 Å². The van der Waals surface area contributed by atoms with Crippen LogP contribution in [0.25, 0.3) is 0 Å². The molecule has 14 heavy (non-hydrogen) atoms. The van der Waals surface area contributed by atoms with Crippen LogP contribution in [-0.2, 0) is 0 Å².